The van der Waals surface area contributed by atoms with Crippen molar-refractivity contribution in [2.24, 2.45) is 0 Å². The molecule has 0 spiro atoms. The Morgan fingerprint density at radius 1 is 1.38 bits per heavy atom. The van der Waals surface area contributed by atoms with Gasteiger partial charge in [0.05, 0.1) is 12.7 Å². The summed E-state index contributed by atoms with van der Waals surface area (Å²) < 4.78 is 16.2. The molecule has 1 aromatic rings. The number of rotatable bonds is 2. The first kappa shape index (κ1) is 11.1. The van der Waals surface area contributed by atoms with Crippen LogP contribution in [0, 0.1) is 0 Å². The van der Waals surface area contributed by atoms with Gasteiger partial charge in [-0.25, -0.2) is 0 Å². The zero-order valence-electron chi connectivity index (χ0n) is 9.17. The molecular weight excluding hydrogens is 232 g/mol. The molecule has 2 rings (SSSR count). The molecular formula is C11H11ClO4. The molecule has 0 atom stereocenters. The Balaban J connectivity index is 2.56. The number of hydrogen-bond acceptors (Lipinski definition) is 4. The van der Waals surface area contributed by atoms with Crippen molar-refractivity contribution in [3.05, 3.63) is 17.7 Å². The minimum absolute atomic E-state index is 0.268. The van der Waals surface area contributed by atoms with E-state index in [-0.39, 0.29) is 5.56 Å². The number of carbonyl (C=O) groups excluding carboxylic acids is 1. The molecule has 0 aliphatic carbocycles. The second-order valence-electron chi connectivity index (χ2n) is 3.85. The average molecular weight is 243 g/mol. The average Bonchev–Trinajstić information content (AvgIpc) is 2.49. The fourth-order valence-corrected chi connectivity index (χ4v) is 1.76. The standard InChI is InChI=1S/C11H11ClO4/c1-11(2)15-7-5-4-6(10(12)13)8(14-3)9(7)16-11/h4-5H,1-3H3. The van der Waals surface area contributed by atoms with Crippen LogP contribution in [0.4, 0.5) is 0 Å². The van der Waals surface area contributed by atoms with Gasteiger partial charge < -0.3 is 14.2 Å². The molecule has 1 aliphatic rings. The molecule has 16 heavy (non-hydrogen) atoms. The first-order chi connectivity index (χ1) is 7.44. The van der Waals surface area contributed by atoms with E-state index in [9.17, 15) is 4.79 Å². The van der Waals surface area contributed by atoms with Crippen molar-refractivity contribution in [1.29, 1.82) is 0 Å². The molecule has 0 unspecified atom stereocenters. The highest BCUT2D eigenvalue weighted by atomic mass is 35.5. The van der Waals surface area contributed by atoms with Gasteiger partial charge in [0, 0.05) is 13.8 Å². The van der Waals surface area contributed by atoms with Gasteiger partial charge in [0.25, 0.3) is 5.24 Å². The van der Waals surface area contributed by atoms with Crippen LogP contribution in [0.1, 0.15) is 24.2 Å². The number of carbonyl (C=O) groups is 1. The first-order valence-corrected chi connectivity index (χ1v) is 5.11. The number of hydrogen-bond donors (Lipinski definition) is 0. The zero-order chi connectivity index (χ0) is 11.9. The highest BCUT2D eigenvalue weighted by Crippen LogP contribution is 2.47. The predicted molar refractivity (Wildman–Crippen MR) is 58.5 cm³/mol. The maximum absolute atomic E-state index is 11.2. The van der Waals surface area contributed by atoms with E-state index in [1.54, 1.807) is 26.0 Å². The third-order valence-electron chi connectivity index (χ3n) is 2.20. The molecule has 0 fully saturated rings. The summed E-state index contributed by atoms with van der Waals surface area (Å²) in [5.74, 6) is 0.509. The molecule has 1 aliphatic heterocycles. The maximum Gasteiger partial charge on any atom is 0.256 e. The molecule has 0 amide bonds. The Hall–Kier alpha value is -1.42. The van der Waals surface area contributed by atoms with Crippen molar-refractivity contribution in [2.75, 3.05) is 7.11 Å². The van der Waals surface area contributed by atoms with E-state index >= 15 is 0 Å². The lowest BCUT2D eigenvalue weighted by molar-refractivity contribution is -0.0439. The van der Waals surface area contributed by atoms with Crippen molar-refractivity contribution in [1.82, 2.24) is 0 Å². The number of benzene rings is 1. The highest BCUT2D eigenvalue weighted by Gasteiger charge is 2.35. The van der Waals surface area contributed by atoms with Crippen molar-refractivity contribution >= 4 is 16.8 Å². The number of methoxy groups -OCH3 is 1. The van der Waals surface area contributed by atoms with Gasteiger partial charge in [-0.3, -0.25) is 4.79 Å². The van der Waals surface area contributed by atoms with Gasteiger partial charge in [0.2, 0.25) is 11.5 Å². The highest BCUT2D eigenvalue weighted by molar-refractivity contribution is 6.68. The molecule has 4 nitrogen and oxygen atoms in total. The lowest BCUT2D eigenvalue weighted by Gasteiger charge is -2.16. The molecule has 86 valence electrons. The fourth-order valence-electron chi connectivity index (χ4n) is 1.61. The molecule has 0 saturated carbocycles. The first-order valence-electron chi connectivity index (χ1n) is 4.73. The van der Waals surface area contributed by atoms with Crippen molar-refractivity contribution < 1.29 is 19.0 Å². The van der Waals surface area contributed by atoms with Gasteiger partial charge in [-0.05, 0) is 23.7 Å². The zero-order valence-corrected chi connectivity index (χ0v) is 9.92. The fraction of sp³-hybridized carbons (Fsp3) is 0.364. The van der Waals surface area contributed by atoms with E-state index in [4.69, 9.17) is 25.8 Å². The monoisotopic (exact) mass is 242 g/mol. The molecule has 0 bridgehead atoms. The molecule has 5 heteroatoms. The SMILES string of the molecule is COc1c(C(=O)Cl)ccc2c1OC(C)(C)O2. The van der Waals surface area contributed by atoms with Gasteiger partial charge in [-0.1, -0.05) is 0 Å². The minimum Gasteiger partial charge on any atom is -0.492 e. The summed E-state index contributed by atoms with van der Waals surface area (Å²) >= 11 is 5.44. The molecule has 0 radical (unpaired) electrons. The van der Waals surface area contributed by atoms with Crippen LogP contribution in [0.25, 0.3) is 0 Å². The topological polar surface area (TPSA) is 44.8 Å². The Morgan fingerprint density at radius 2 is 2.06 bits per heavy atom. The van der Waals surface area contributed by atoms with E-state index in [1.165, 1.54) is 7.11 Å². The molecule has 1 heterocycles. The summed E-state index contributed by atoms with van der Waals surface area (Å²) in [7, 11) is 1.45. The Bertz CT molecular complexity index is 454. The van der Waals surface area contributed by atoms with Crippen molar-refractivity contribution in [2.45, 2.75) is 19.6 Å². The third kappa shape index (κ3) is 1.69. The molecule has 0 N–H and O–H groups in total. The number of halogens is 1. The van der Waals surface area contributed by atoms with Crippen LogP contribution in [-0.2, 0) is 0 Å². The Labute approximate surface area is 98.1 Å². The lowest BCUT2D eigenvalue weighted by Crippen LogP contribution is -2.29. The van der Waals surface area contributed by atoms with Gasteiger partial charge >= 0.3 is 0 Å². The van der Waals surface area contributed by atoms with Crippen LogP contribution >= 0.6 is 11.6 Å². The Kier molecular flexibility index (Phi) is 2.46. The van der Waals surface area contributed by atoms with Gasteiger partial charge in [0.15, 0.2) is 11.5 Å². The molecule has 1 aromatic carbocycles. The van der Waals surface area contributed by atoms with Crippen molar-refractivity contribution in [3.63, 3.8) is 0 Å². The second kappa shape index (κ2) is 3.56. The van der Waals surface area contributed by atoms with E-state index in [0.29, 0.717) is 17.2 Å². The van der Waals surface area contributed by atoms with Crippen LogP contribution in [0.5, 0.6) is 17.2 Å². The minimum atomic E-state index is -0.760. The summed E-state index contributed by atoms with van der Waals surface area (Å²) in [6.45, 7) is 3.54. The maximum atomic E-state index is 11.2. The summed E-state index contributed by atoms with van der Waals surface area (Å²) in [5, 5.41) is -0.590. The van der Waals surface area contributed by atoms with E-state index < -0.39 is 11.0 Å². The quantitative estimate of drug-likeness (QED) is 0.748. The van der Waals surface area contributed by atoms with Crippen LogP contribution in [0.15, 0.2) is 12.1 Å². The van der Waals surface area contributed by atoms with Gasteiger partial charge in [-0.2, -0.15) is 0 Å². The summed E-state index contributed by atoms with van der Waals surface area (Å²) in [6.07, 6.45) is 0. The van der Waals surface area contributed by atoms with E-state index in [2.05, 4.69) is 0 Å². The molecule has 0 saturated heterocycles. The summed E-state index contributed by atoms with van der Waals surface area (Å²) in [4.78, 5) is 11.2. The smallest absolute Gasteiger partial charge is 0.256 e. The van der Waals surface area contributed by atoms with Gasteiger partial charge in [0.1, 0.15) is 0 Å². The van der Waals surface area contributed by atoms with Crippen LogP contribution in [0.2, 0.25) is 0 Å². The van der Waals surface area contributed by atoms with E-state index in [1.807, 2.05) is 0 Å². The van der Waals surface area contributed by atoms with Crippen LogP contribution in [0.3, 0.4) is 0 Å². The predicted octanol–water partition coefficient (Wildman–Crippen LogP) is 2.58. The lowest BCUT2D eigenvalue weighted by atomic mass is 10.2. The number of ether oxygens (including phenoxy) is 3. The van der Waals surface area contributed by atoms with E-state index in [0.717, 1.165) is 0 Å². The van der Waals surface area contributed by atoms with Gasteiger partial charge in [-0.15, -0.1) is 0 Å². The number of fused-ring (bicyclic) bond motifs is 1. The third-order valence-corrected chi connectivity index (χ3v) is 2.40. The molecule has 0 aromatic heterocycles. The largest absolute Gasteiger partial charge is 0.492 e. The van der Waals surface area contributed by atoms with Crippen LogP contribution < -0.4 is 14.2 Å². The Morgan fingerprint density at radius 3 is 2.62 bits per heavy atom. The van der Waals surface area contributed by atoms with Crippen molar-refractivity contribution in [3.8, 4) is 17.2 Å². The second-order valence-corrected chi connectivity index (χ2v) is 4.19. The summed E-state index contributed by atoms with van der Waals surface area (Å²) in [5.41, 5.74) is 0.268. The van der Waals surface area contributed by atoms with Crippen LogP contribution in [-0.4, -0.2) is 18.1 Å². The summed E-state index contributed by atoms with van der Waals surface area (Å²) in [6, 6.07) is 3.19. The normalized spacial score (nSPS) is 16.0.